The Morgan fingerprint density at radius 1 is 1.70 bits per heavy atom. The number of nitrogens with two attached hydrogens (primary N) is 2. The van der Waals surface area contributed by atoms with Gasteiger partial charge in [0.05, 0.1) is 5.57 Å². The van der Waals surface area contributed by atoms with Gasteiger partial charge in [-0.3, -0.25) is 4.79 Å². The van der Waals surface area contributed by atoms with Gasteiger partial charge in [0.1, 0.15) is 0 Å². The molecule has 5 N–H and O–H groups in total. The minimum absolute atomic E-state index is 0.353. The maximum atomic E-state index is 10.6. The molecule has 4 nitrogen and oxygen atoms in total. The van der Waals surface area contributed by atoms with Crippen molar-refractivity contribution in [2.45, 2.75) is 0 Å². The molecule has 0 bridgehead atoms. The van der Waals surface area contributed by atoms with E-state index in [1.165, 1.54) is 6.20 Å². The van der Waals surface area contributed by atoms with Gasteiger partial charge in [-0.2, -0.15) is 0 Å². The summed E-state index contributed by atoms with van der Waals surface area (Å²) in [6.45, 7) is 0.655. The van der Waals surface area contributed by atoms with Crippen molar-refractivity contribution in [1.82, 2.24) is 5.32 Å². The maximum Gasteiger partial charge on any atom is 0.252 e. The van der Waals surface area contributed by atoms with Crippen molar-refractivity contribution in [2.75, 3.05) is 6.54 Å². The fourth-order valence-electron chi connectivity index (χ4n) is 0.737. The maximum absolute atomic E-state index is 10.6. The van der Waals surface area contributed by atoms with E-state index in [4.69, 9.17) is 11.5 Å². The highest BCUT2D eigenvalue weighted by Gasteiger charge is 2.09. The molecule has 4 heteroatoms. The minimum atomic E-state index is -0.499. The minimum Gasteiger partial charge on any atom is -0.398 e. The van der Waals surface area contributed by atoms with Gasteiger partial charge in [0, 0.05) is 18.4 Å². The Morgan fingerprint density at radius 3 is 2.80 bits per heavy atom. The predicted octanol–water partition coefficient (Wildman–Crippen LogP) is -1.20. The number of carbonyl (C=O) groups is 1. The molecule has 0 radical (unpaired) electrons. The van der Waals surface area contributed by atoms with Crippen LogP contribution in [0.1, 0.15) is 0 Å². The molecule has 0 unspecified atom stereocenters. The number of rotatable bonds is 1. The summed E-state index contributed by atoms with van der Waals surface area (Å²) < 4.78 is 0. The largest absolute Gasteiger partial charge is 0.398 e. The average molecular weight is 139 g/mol. The van der Waals surface area contributed by atoms with Crippen LogP contribution in [0.2, 0.25) is 0 Å². The van der Waals surface area contributed by atoms with Gasteiger partial charge in [-0.05, 0) is 6.08 Å². The van der Waals surface area contributed by atoms with Gasteiger partial charge in [0.25, 0.3) is 5.91 Å². The second-order valence-corrected chi connectivity index (χ2v) is 1.99. The number of primary amides is 1. The van der Waals surface area contributed by atoms with Gasteiger partial charge < -0.3 is 16.8 Å². The van der Waals surface area contributed by atoms with Crippen molar-refractivity contribution >= 4 is 5.91 Å². The molecule has 0 aromatic rings. The number of carbonyl (C=O) groups excluding carboxylic acids is 1. The van der Waals surface area contributed by atoms with Gasteiger partial charge in [-0.25, -0.2) is 0 Å². The molecule has 1 heterocycles. The molecular formula is C6H9N3O. The van der Waals surface area contributed by atoms with E-state index in [1.54, 1.807) is 6.08 Å². The van der Waals surface area contributed by atoms with Crippen LogP contribution < -0.4 is 16.8 Å². The summed E-state index contributed by atoms with van der Waals surface area (Å²) in [5.41, 5.74) is 11.2. The van der Waals surface area contributed by atoms with Gasteiger partial charge in [0.15, 0.2) is 0 Å². The molecule has 0 spiro atoms. The van der Waals surface area contributed by atoms with Crippen molar-refractivity contribution in [3.63, 3.8) is 0 Å². The Labute approximate surface area is 58.6 Å². The molecule has 1 amide bonds. The Morgan fingerprint density at radius 2 is 2.40 bits per heavy atom. The summed E-state index contributed by atoms with van der Waals surface area (Å²) in [5.74, 6) is -0.499. The van der Waals surface area contributed by atoms with Crippen LogP contribution in [0.3, 0.4) is 0 Å². The molecule has 1 aliphatic rings. The quantitative estimate of drug-likeness (QED) is 0.427. The van der Waals surface area contributed by atoms with Gasteiger partial charge in [-0.15, -0.1) is 0 Å². The second kappa shape index (κ2) is 2.43. The van der Waals surface area contributed by atoms with E-state index in [0.29, 0.717) is 17.8 Å². The summed E-state index contributed by atoms with van der Waals surface area (Å²) in [6.07, 6.45) is 3.23. The van der Waals surface area contributed by atoms with Crippen LogP contribution in [-0.4, -0.2) is 12.5 Å². The average Bonchev–Trinajstić information content (AvgIpc) is 1.88. The predicted molar refractivity (Wildman–Crippen MR) is 37.6 cm³/mol. The first-order valence-corrected chi connectivity index (χ1v) is 2.91. The van der Waals surface area contributed by atoms with Crippen LogP contribution >= 0.6 is 0 Å². The first-order chi connectivity index (χ1) is 4.72. The molecule has 0 fully saturated rings. The Hall–Kier alpha value is -1.45. The SMILES string of the molecule is NC(=O)C1=CNCC=C1N. The number of hydrogen-bond donors (Lipinski definition) is 3. The molecule has 0 saturated carbocycles. The first kappa shape index (κ1) is 6.67. The molecule has 54 valence electrons. The van der Waals surface area contributed by atoms with E-state index in [0.717, 1.165) is 0 Å². The monoisotopic (exact) mass is 139 g/mol. The van der Waals surface area contributed by atoms with Crippen molar-refractivity contribution in [1.29, 1.82) is 0 Å². The lowest BCUT2D eigenvalue weighted by atomic mass is 10.1. The van der Waals surface area contributed by atoms with E-state index in [9.17, 15) is 4.79 Å². The standard InChI is InChI=1S/C6H9N3O/c7-5-1-2-9-3-4(5)6(8)10/h1,3,9H,2,7H2,(H2,8,10). The third kappa shape index (κ3) is 1.10. The molecule has 10 heavy (non-hydrogen) atoms. The van der Waals surface area contributed by atoms with Crippen LogP contribution in [0.5, 0.6) is 0 Å². The zero-order valence-corrected chi connectivity index (χ0v) is 5.42. The van der Waals surface area contributed by atoms with Crippen LogP contribution in [0.4, 0.5) is 0 Å². The summed E-state index contributed by atoms with van der Waals surface area (Å²) in [5, 5.41) is 2.83. The molecule has 1 rings (SSSR count). The number of dihydropyridines is 1. The topological polar surface area (TPSA) is 81.1 Å². The van der Waals surface area contributed by atoms with E-state index in [-0.39, 0.29) is 0 Å². The summed E-state index contributed by atoms with van der Waals surface area (Å²) in [6, 6.07) is 0. The van der Waals surface area contributed by atoms with Crippen molar-refractivity contribution < 1.29 is 4.79 Å². The molecule has 0 aromatic carbocycles. The molecule has 0 aliphatic carbocycles. The number of nitrogens with one attached hydrogen (secondary N) is 1. The smallest absolute Gasteiger partial charge is 0.252 e. The normalized spacial score (nSPS) is 16.8. The van der Waals surface area contributed by atoms with Gasteiger partial charge >= 0.3 is 0 Å². The highest BCUT2D eigenvalue weighted by molar-refractivity contribution is 5.96. The van der Waals surface area contributed by atoms with E-state index < -0.39 is 5.91 Å². The van der Waals surface area contributed by atoms with Crippen molar-refractivity contribution in [3.8, 4) is 0 Å². The highest BCUT2D eigenvalue weighted by atomic mass is 16.1. The first-order valence-electron chi connectivity index (χ1n) is 2.91. The fourth-order valence-corrected chi connectivity index (χ4v) is 0.737. The molecule has 0 aromatic heterocycles. The van der Waals surface area contributed by atoms with Gasteiger partial charge in [-0.1, -0.05) is 0 Å². The van der Waals surface area contributed by atoms with Crippen LogP contribution in [0, 0.1) is 0 Å². The number of amides is 1. The Balaban J connectivity index is 2.84. The molecular weight excluding hydrogens is 130 g/mol. The second-order valence-electron chi connectivity index (χ2n) is 1.99. The van der Waals surface area contributed by atoms with Crippen LogP contribution in [0.15, 0.2) is 23.5 Å². The summed E-state index contributed by atoms with van der Waals surface area (Å²) in [4.78, 5) is 10.6. The summed E-state index contributed by atoms with van der Waals surface area (Å²) in [7, 11) is 0. The molecule has 1 aliphatic heterocycles. The lowest BCUT2D eigenvalue weighted by molar-refractivity contribution is -0.114. The van der Waals surface area contributed by atoms with Crippen molar-refractivity contribution in [3.05, 3.63) is 23.5 Å². The fraction of sp³-hybridized carbons (Fsp3) is 0.167. The number of hydrogen-bond acceptors (Lipinski definition) is 3. The van der Waals surface area contributed by atoms with E-state index in [1.807, 2.05) is 0 Å². The van der Waals surface area contributed by atoms with Gasteiger partial charge in [0.2, 0.25) is 0 Å². The molecule has 0 saturated heterocycles. The Kier molecular flexibility index (Phi) is 1.62. The summed E-state index contributed by atoms with van der Waals surface area (Å²) >= 11 is 0. The third-order valence-electron chi connectivity index (χ3n) is 1.26. The zero-order chi connectivity index (χ0) is 7.56. The van der Waals surface area contributed by atoms with Crippen molar-refractivity contribution in [2.24, 2.45) is 11.5 Å². The Bertz CT molecular complexity index is 217. The zero-order valence-electron chi connectivity index (χ0n) is 5.42. The molecule has 0 atom stereocenters. The third-order valence-corrected chi connectivity index (χ3v) is 1.26. The highest BCUT2D eigenvalue weighted by Crippen LogP contribution is 2.03. The van der Waals surface area contributed by atoms with E-state index in [2.05, 4.69) is 5.32 Å². The van der Waals surface area contributed by atoms with Crippen LogP contribution in [-0.2, 0) is 4.79 Å². The van der Waals surface area contributed by atoms with Crippen LogP contribution in [0.25, 0.3) is 0 Å². The lowest BCUT2D eigenvalue weighted by Crippen LogP contribution is -2.25. The lowest BCUT2D eigenvalue weighted by Gasteiger charge is -2.09. The van der Waals surface area contributed by atoms with E-state index >= 15 is 0 Å².